The molecule has 0 aromatic rings. The lowest BCUT2D eigenvalue weighted by Gasteiger charge is -2.12. The van der Waals surface area contributed by atoms with Gasteiger partial charge in [0.2, 0.25) is 0 Å². The Balaban J connectivity index is 4.11. The minimum atomic E-state index is -4.75. The number of unbranched alkanes of at least 4 members (excludes halogenated alkanes) is 6. The maximum absolute atomic E-state index is 11.6. The van der Waals surface area contributed by atoms with Crippen LogP contribution in [0.15, 0.2) is 12.7 Å². The Morgan fingerprint density at radius 2 is 1.67 bits per heavy atom. The summed E-state index contributed by atoms with van der Waals surface area (Å²) in [5, 5.41) is -1.97. The Morgan fingerprint density at radius 3 is 2.21 bits per heavy atom. The fraction of sp³-hybridized carbons (Fsp3) is 0.750. The molecule has 0 fully saturated rings. The molecule has 0 aliphatic carbocycles. The van der Waals surface area contributed by atoms with Crippen LogP contribution in [0.2, 0.25) is 0 Å². The molecule has 0 aromatic carbocycles. The zero-order valence-electron chi connectivity index (χ0n) is 14.2. The molecule has 0 aliphatic rings. The first kappa shape index (κ1) is 22.6. The molecule has 8 heteroatoms. The van der Waals surface area contributed by atoms with E-state index in [1.807, 2.05) is 0 Å². The van der Waals surface area contributed by atoms with Crippen molar-refractivity contribution in [2.45, 2.75) is 63.5 Å². The summed E-state index contributed by atoms with van der Waals surface area (Å²) in [6.07, 6.45) is 7.86. The summed E-state index contributed by atoms with van der Waals surface area (Å²) in [6, 6.07) is 0. The lowest BCUT2D eigenvalue weighted by atomic mass is 10.1. The summed E-state index contributed by atoms with van der Waals surface area (Å²) in [4.78, 5) is 23.2. The zero-order valence-corrected chi connectivity index (χ0v) is 15.1. The average Bonchev–Trinajstić information content (AvgIpc) is 2.51. The van der Waals surface area contributed by atoms with Crippen molar-refractivity contribution in [3.63, 3.8) is 0 Å². The van der Waals surface area contributed by atoms with Gasteiger partial charge in [-0.3, -0.25) is 14.1 Å². The quantitative estimate of drug-likeness (QED) is 0.218. The molecule has 0 spiro atoms. The van der Waals surface area contributed by atoms with Gasteiger partial charge in [-0.2, -0.15) is 8.42 Å². The van der Waals surface area contributed by atoms with E-state index in [9.17, 15) is 18.0 Å². The largest absolute Gasteiger partial charge is 0.466 e. The molecule has 0 saturated heterocycles. The Hall–Kier alpha value is -1.41. The van der Waals surface area contributed by atoms with E-state index in [0.717, 1.165) is 19.3 Å². The molecule has 0 amide bonds. The zero-order chi connectivity index (χ0) is 18.4. The van der Waals surface area contributed by atoms with Gasteiger partial charge in [0.05, 0.1) is 13.0 Å². The molecule has 1 atom stereocenters. The van der Waals surface area contributed by atoms with Gasteiger partial charge in [-0.1, -0.05) is 58.1 Å². The van der Waals surface area contributed by atoms with Gasteiger partial charge in [0.1, 0.15) is 6.61 Å². The van der Waals surface area contributed by atoms with E-state index in [4.69, 9.17) is 9.29 Å². The van der Waals surface area contributed by atoms with Crippen LogP contribution in [0.1, 0.15) is 58.3 Å². The molecular weight excluding hydrogens is 336 g/mol. The van der Waals surface area contributed by atoms with Gasteiger partial charge in [0.25, 0.3) is 10.1 Å². The lowest BCUT2D eigenvalue weighted by molar-refractivity contribution is -0.149. The first-order valence-electron chi connectivity index (χ1n) is 8.22. The summed E-state index contributed by atoms with van der Waals surface area (Å²) in [7, 11) is -4.75. The van der Waals surface area contributed by atoms with E-state index in [0.29, 0.717) is 6.42 Å². The van der Waals surface area contributed by atoms with Crippen LogP contribution in [-0.2, 0) is 29.2 Å². The van der Waals surface area contributed by atoms with Crippen LogP contribution in [0, 0.1) is 0 Å². The van der Waals surface area contributed by atoms with E-state index < -0.39 is 33.7 Å². The standard InChI is InChI=1S/C16H28O7S/c1-3-5-6-7-8-9-10-12-22-15(17)13-14(24(19,20)21)16(18)23-11-4-2/h4,14H,2-3,5-13H2,1H3,(H,19,20,21). The average molecular weight is 364 g/mol. The van der Waals surface area contributed by atoms with Crippen LogP contribution in [-0.4, -0.2) is 43.4 Å². The predicted octanol–water partition coefficient (Wildman–Crippen LogP) is 2.66. The highest BCUT2D eigenvalue weighted by molar-refractivity contribution is 7.87. The number of carbonyl (C=O) groups is 2. The predicted molar refractivity (Wildman–Crippen MR) is 90.1 cm³/mol. The lowest BCUT2D eigenvalue weighted by Crippen LogP contribution is -2.34. The number of esters is 2. The van der Waals surface area contributed by atoms with E-state index >= 15 is 0 Å². The normalized spacial score (nSPS) is 12.4. The highest BCUT2D eigenvalue weighted by atomic mass is 32.2. The van der Waals surface area contributed by atoms with Crippen molar-refractivity contribution in [3.05, 3.63) is 12.7 Å². The van der Waals surface area contributed by atoms with Gasteiger partial charge in [-0.25, -0.2) is 0 Å². The second-order valence-corrected chi connectivity index (χ2v) is 7.07. The van der Waals surface area contributed by atoms with Gasteiger partial charge >= 0.3 is 11.9 Å². The van der Waals surface area contributed by atoms with Crippen molar-refractivity contribution in [3.8, 4) is 0 Å². The van der Waals surface area contributed by atoms with Crippen LogP contribution in [0.4, 0.5) is 0 Å². The second kappa shape index (κ2) is 12.9. The Morgan fingerprint density at radius 1 is 1.08 bits per heavy atom. The molecule has 0 heterocycles. The first-order valence-corrected chi connectivity index (χ1v) is 9.72. The molecule has 0 radical (unpaired) electrons. The van der Waals surface area contributed by atoms with Gasteiger partial charge in [-0.05, 0) is 6.42 Å². The molecule has 0 saturated carbocycles. The molecule has 7 nitrogen and oxygen atoms in total. The Kier molecular flexibility index (Phi) is 12.2. The number of ether oxygens (including phenoxy) is 2. The third kappa shape index (κ3) is 11.2. The van der Waals surface area contributed by atoms with Crippen LogP contribution in [0.3, 0.4) is 0 Å². The fourth-order valence-corrected chi connectivity index (χ4v) is 2.66. The van der Waals surface area contributed by atoms with E-state index in [2.05, 4.69) is 18.2 Å². The molecule has 1 unspecified atom stereocenters. The maximum Gasteiger partial charge on any atom is 0.327 e. The Labute approximate surface area is 144 Å². The molecule has 0 aromatic heterocycles. The smallest absolute Gasteiger partial charge is 0.327 e. The van der Waals surface area contributed by atoms with Crippen LogP contribution in [0.5, 0.6) is 0 Å². The molecule has 0 aliphatic heterocycles. The van der Waals surface area contributed by atoms with Gasteiger partial charge in [0, 0.05) is 0 Å². The van der Waals surface area contributed by atoms with Crippen LogP contribution in [0.25, 0.3) is 0 Å². The number of carbonyl (C=O) groups excluding carboxylic acids is 2. The highest BCUT2D eigenvalue weighted by Crippen LogP contribution is 2.10. The number of rotatable bonds is 14. The maximum atomic E-state index is 11.6. The number of hydrogen-bond donors (Lipinski definition) is 1. The van der Waals surface area contributed by atoms with Crippen LogP contribution < -0.4 is 0 Å². The molecule has 0 bridgehead atoms. The van der Waals surface area contributed by atoms with E-state index in [-0.39, 0.29) is 13.2 Å². The van der Waals surface area contributed by atoms with E-state index in [1.165, 1.54) is 25.3 Å². The third-order valence-electron chi connectivity index (χ3n) is 3.33. The minimum Gasteiger partial charge on any atom is -0.466 e. The summed E-state index contributed by atoms with van der Waals surface area (Å²) >= 11 is 0. The fourth-order valence-electron chi connectivity index (χ4n) is 2.00. The summed E-state index contributed by atoms with van der Waals surface area (Å²) in [5.41, 5.74) is 0. The topological polar surface area (TPSA) is 107 Å². The molecule has 24 heavy (non-hydrogen) atoms. The summed E-state index contributed by atoms with van der Waals surface area (Å²) in [6.45, 7) is 5.41. The Bertz CT molecular complexity index is 485. The van der Waals surface area contributed by atoms with Gasteiger partial charge in [-0.15, -0.1) is 0 Å². The second-order valence-electron chi connectivity index (χ2n) is 5.47. The van der Waals surface area contributed by atoms with Crippen molar-refractivity contribution >= 4 is 22.1 Å². The number of hydrogen-bond acceptors (Lipinski definition) is 6. The molecule has 0 rings (SSSR count). The van der Waals surface area contributed by atoms with Gasteiger partial charge < -0.3 is 9.47 Å². The summed E-state index contributed by atoms with van der Waals surface area (Å²) < 4.78 is 40.9. The van der Waals surface area contributed by atoms with Crippen LogP contribution >= 0.6 is 0 Å². The molecular formula is C16H28O7S. The van der Waals surface area contributed by atoms with Gasteiger partial charge in [0.15, 0.2) is 5.25 Å². The SMILES string of the molecule is C=CCOC(=O)C(CC(=O)OCCCCCCCCC)S(=O)(=O)O. The molecule has 1 N–H and O–H groups in total. The van der Waals surface area contributed by atoms with Crippen molar-refractivity contribution in [2.75, 3.05) is 13.2 Å². The highest BCUT2D eigenvalue weighted by Gasteiger charge is 2.35. The van der Waals surface area contributed by atoms with Crippen molar-refractivity contribution < 1.29 is 32.0 Å². The summed E-state index contributed by atoms with van der Waals surface area (Å²) in [5.74, 6) is -2.07. The minimum absolute atomic E-state index is 0.159. The van der Waals surface area contributed by atoms with Crippen molar-refractivity contribution in [2.24, 2.45) is 0 Å². The first-order chi connectivity index (χ1) is 11.3. The third-order valence-corrected chi connectivity index (χ3v) is 4.41. The molecule has 140 valence electrons. The van der Waals surface area contributed by atoms with Crippen molar-refractivity contribution in [1.29, 1.82) is 0 Å². The van der Waals surface area contributed by atoms with Crippen molar-refractivity contribution in [1.82, 2.24) is 0 Å². The van der Waals surface area contributed by atoms with E-state index in [1.54, 1.807) is 0 Å². The monoisotopic (exact) mass is 364 g/mol.